The Bertz CT molecular complexity index is 1080. The Kier molecular flexibility index (Phi) is 10.6. The first-order chi connectivity index (χ1) is 18.1. The molecule has 0 aliphatic carbocycles. The van der Waals surface area contributed by atoms with Crippen molar-refractivity contribution in [3.05, 3.63) is 41.5 Å². The number of fused-ring (bicyclic) bond motifs is 1. The summed E-state index contributed by atoms with van der Waals surface area (Å²) >= 11 is 0. The number of aryl methyl sites for hydroxylation is 2. The van der Waals surface area contributed by atoms with Crippen LogP contribution in [0.15, 0.2) is 24.5 Å². The molecule has 1 saturated heterocycles. The number of carboxylic acids is 1. The number of nitrogen functional groups attached to an aromatic ring is 1. The zero-order valence-corrected chi connectivity index (χ0v) is 21.1. The Labute approximate surface area is 219 Å². The molecule has 4 heterocycles. The molecule has 2 aliphatic rings. The number of pyridine rings is 1. The summed E-state index contributed by atoms with van der Waals surface area (Å²) in [7, 11) is 0. The minimum Gasteiger partial charge on any atom is -0.481 e. The maximum Gasteiger partial charge on any atom is 0.433 e. The molecule has 1 fully saturated rings. The number of amides is 1. The van der Waals surface area contributed by atoms with Gasteiger partial charge < -0.3 is 26.4 Å². The molecule has 38 heavy (non-hydrogen) atoms. The molecule has 0 unspecified atom stereocenters. The summed E-state index contributed by atoms with van der Waals surface area (Å²) in [4.78, 5) is 36.2. The van der Waals surface area contributed by atoms with Crippen LogP contribution in [0.3, 0.4) is 0 Å². The molecular weight excluding hydrogens is 503 g/mol. The number of anilines is 2. The Hall–Kier alpha value is -3.48. The predicted molar refractivity (Wildman–Crippen MR) is 135 cm³/mol. The highest BCUT2D eigenvalue weighted by Crippen LogP contribution is 2.27. The van der Waals surface area contributed by atoms with Crippen molar-refractivity contribution in [1.29, 1.82) is 0 Å². The van der Waals surface area contributed by atoms with Gasteiger partial charge in [0.1, 0.15) is 23.7 Å². The lowest BCUT2D eigenvalue weighted by Gasteiger charge is -2.32. The first-order valence-electron chi connectivity index (χ1n) is 12.7. The number of hydrogen-bond donors (Lipinski definition) is 4. The molecule has 2 aromatic heterocycles. The maximum atomic E-state index is 12.2. The molecule has 2 aliphatic heterocycles. The van der Waals surface area contributed by atoms with Gasteiger partial charge in [-0.25, -0.2) is 15.0 Å². The lowest BCUT2D eigenvalue weighted by Crippen LogP contribution is -2.43. The van der Waals surface area contributed by atoms with Crippen LogP contribution >= 0.6 is 0 Å². The van der Waals surface area contributed by atoms with Crippen LogP contribution in [0.25, 0.3) is 0 Å². The number of alkyl halides is 3. The standard InChI is InChI=1S/C20H30N4O3.C5H4F3N3/c25-18(26)9-11-22-20(27)16-5-2-12-24(14-16)13-3-6-17-8-7-15-4-1-10-21-19(15)23-17;6-5(7,8)3-1-4(9)11-2-10-3/h7-8,16H,1-6,9-14H2,(H,21,23)(H,22,27)(H,25,26);1-2H,(H2,9,10,11)/t16-;/m1./s1. The number of carbonyl (C=O) groups is 2. The highest BCUT2D eigenvalue weighted by atomic mass is 19.4. The molecule has 0 saturated carbocycles. The molecule has 2 aromatic rings. The first-order valence-corrected chi connectivity index (χ1v) is 12.7. The number of nitrogens with zero attached hydrogens (tertiary/aromatic N) is 4. The first kappa shape index (κ1) is 29.1. The number of aliphatic carboxylic acids is 1. The van der Waals surface area contributed by atoms with Gasteiger partial charge in [-0.3, -0.25) is 9.59 Å². The number of hydrogen-bond acceptors (Lipinski definition) is 8. The second-order valence-corrected chi connectivity index (χ2v) is 9.34. The fourth-order valence-corrected chi connectivity index (χ4v) is 4.43. The Balaban J connectivity index is 0.000000304. The van der Waals surface area contributed by atoms with Crippen LogP contribution in [0.5, 0.6) is 0 Å². The lowest BCUT2D eigenvalue weighted by molar-refractivity contribution is -0.141. The van der Waals surface area contributed by atoms with E-state index in [-0.39, 0.29) is 30.6 Å². The van der Waals surface area contributed by atoms with Crippen molar-refractivity contribution in [2.24, 2.45) is 5.92 Å². The molecule has 0 bridgehead atoms. The number of carbonyl (C=O) groups excluding carboxylic acids is 1. The molecule has 0 spiro atoms. The molecule has 0 radical (unpaired) electrons. The van der Waals surface area contributed by atoms with Crippen molar-refractivity contribution in [3.8, 4) is 0 Å². The highest BCUT2D eigenvalue weighted by Gasteiger charge is 2.32. The van der Waals surface area contributed by atoms with Gasteiger partial charge in [-0.1, -0.05) is 6.07 Å². The van der Waals surface area contributed by atoms with Gasteiger partial charge in [-0.2, -0.15) is 13.2 Å². The van der Waals surface area contributed by atoms with E-state index in [1.54, 1.807) is 0 Å². The average Bonchev–Trinajstić information content (AvgIpc) is 2.88. The summed E-state index contributed by atoms with van der Waals surface area (Å²) < 4.78 is 35.5. The summed E-state index contributed by atoms with van der Waals surface area (Å²) in [5, 5.41) is 14.8. The normalized spacial score (nSPS) is 17.4. The smallest absolute Gasteiger partial charge is 0.433 e. The molecule has 1 amide bonds. The van der Waals surface area contributed by atoms with Crippen LogP contribution in [0, 0.1) is 5.92 Å². The van der Waals surface area contributed by atoms with Crippen LogP contribution in [-0.2, 0) is 28.6 Å². The molecule has 0 aromatic carbocycles. The van der Waals surface area contributed by atoms with E-state index in [9.17, 15) is 22.8 Å². The minimum absolute atomic E-state index is 0.0108. The van der Waals surface area contributed by atoms with Crippen molar-refractivity contribution >= 4 is 23.5 Å². The molecule has 1 atom stereocenters. The van der Waals surface area contributed by atoms with Gasteiger partial charge in [0.2, 0.25) is 5.91 Å². The Morgan fingerprint density at radius 2 is 2.05 bits per heavy atom. The van der Waals surface area contributed by atoms with Crippen LogP contribution in [0.4, 0.5) is 24.8 Å². The van der Waals surface area contributed by atoms with Gasteiger partial charge >= 0.3 is 12.1 Å². The number of nitrogens with two attached hydrogens (primary N) is 1. The predicted octanol–water partition coefficient (Wildman–Crippen LogP) is 2.75. The summed E-state index contributed by atoms with van der Waals surface area (Å²) in [5.41, 5.74) is 6.43. The zero-order chi connectivity index (χ0) is 27.5. The van der Waals surface area contributed by atoms with E-state index in [4.69, 9.17) is 15.8 Å². The minimum atomic E-state index is -4.45. The number of piperidine rings is 1. The monoisotopic (exact) mass is 537 g/mol. The SMILES string of the molecule is Nc1cc(C(F)(F)F)ncn1.O=C(O)CCNC(=O)[C@@H]1CCCN(CCCc2ccc3c(n2)NCCC3)C1. The molecule has 13 heteroatoms. The summed E-state index contributed by atoms with van der Waals surface area (Å²) in [6, 6.07) is 5.02. The van der Waals surface area contributed by atoms with Crippen LogP contribution in [0.2, 0.25) is 0 Å². The van der Waals surface area contributed by atoms with Crippen LogP contribution in [0.1, 0.15) is 49.1 Å². The lowest BCUT2D eigenvalue weighted by atomic mass is 9.96. The van der Waals surface area contributed by atoms with E-state index in [1.807, 2.05) is 0 Å². The number of nitrogens with one attached hydrogen (secondary N) is 2. The van der Waals surface area contributed by atoms with Crippen LogP contribution < -0.4 is 16.4 Å². The summed E-state index contributed by atoms with van der Waals surface area (Å²) in [6.07, 6.45) is 2.46. The van der Waals surface area contributed by atoms with Crippen molar-refractivity contribution in [1.82, 2.24) is 25.2 Å². The van der Waals surface area contributed by atoms with Gasteiger partial charge in [0.15, 0.2) is 0 Å². The molecule has 5 N–H and O–H groups in total. The molecular formula is C25H34F3N7O3. The van der Waals surface area contributed by atoms with E-state index in [0.717, 1.165) is 76.1 Å². The third kappa shape index (κ3) is 9.43. The van der Waals surface area contributed by atoms with Gasteiger partial charge in [-0.15, -0.1) is 0 Å². The number of aromatic nitrogens is 3. The zero-order valence-electron chi connectivity index (χ0n) is 21.1. The highest BCUT2D eigenvalue weighted by molar-refractivity contribution is 5.79. The number of halogens is 3. The number of likely N-dealkylation sites (tertiary alicyclic amines) is 1. The van der Waals surface area contributed by atoms with E-state index < -0.39 is 17.8 Å². The average molecular weight is 538 g/mol. The van der Waals surface area contributed by atoms with E-state index in [2.05, 4.69) is 37.6 Å². The third-order valence-electron chi connectivity index (χ3n) is 6.35. The summed E-state index contributed by atoms with van der Waals surface area (Å²) in [6.45, 7) is 3.97. The topological polar surface area (TPSA) is 146 Å². The molecule has 4 rings (SSSR count). The van der Waals surface area contributed by atoms with E-state index >= 15 is 0 Å². The van der Waals surface area contributed by atoms with Crippen LogP contribution in [-0.4, -0.2) is 69.6 Å². The number of rotatable bonds is 8. The van der Waals surface area contributed by atoms with E-state index in [0.29, 0.717) is 6.07 Å². The fraction of sp³-hybridized carbons (Fsp3) is 0.560. The Morgan fingerprint density at radius 1 is 1.24 bits per heavy atom. The van der Waals surface area contributed by atoms with Crippen molar-refractivity contribution in [2.45, 2.75) is 51.1 Å². The van der Waals surface area contributed by atoms with Crippen molar-refractivity contribution < 1.29 is 27.9 Å². The maximum absolute atomic E-state index is 12.2. The number of carboxylic acid groups (broad SMARTS) is 1. The second kappa shape index (κ2) is 13.9. The Morgan fingerprint density at radius 3 is 2.76 bits per heavy atom. The largest absolute Gasteiger partial charge is 0.481 e. The third-order valence-corrected chi connectivity index (χ3v) is 6.35. The van der Waals surface area contributed by atoms with Gasteiger partial charge in [0, 0.05) is 31.4 Å². The molecule has 208 valence electrons. The molecule has 10 nitrogen and oxygen atoms in total. The van der Waals surface area contributed by atoms with Gasteiger partial charge in [0.05, 0.1) is 12.3 Å². The van der Waals surface area contributed by atoms with Crippen molar-refractivity contribution in [3.63, 3.8) is 0 Å². The second-order valence-electron chi connectivity index (χ2n) is 9.34. The van der Waals surface area contributed by atoms with Crippen molar-refractivity contribution in [2.75, 3.05) is 43.8 Å². The fourth-order valence-electron chi connectivity index (χ4n) is 4.43. The van der Waals surface area contributed by atoms with Gasteiger partial charge in [-0.05, 0) is 63.2 Å². The van der Waals surface area contributed by atoms with Gasteiger partial charge in [0.25, 0.3) is 0 Å². The summed E-state index contributed by atoms with van der Waals surface area (Å²) in [5.74, 6) is -0.0595. The van der Waals surface area contributed by atoms with E-state index in [1.165, 1.54) is 12.0 Å². The quantitative estimate of drug-likeness (QED) is 0.399.